The van der Waals surface area contributed by atoms with Crippen molar-refractivity contribution in [2.45, 2.75) is 6.92 Å². The van der Waals surface area contributed by atoms with Crippen molar-refractivity contribution in [3.63, 3.8) is 0 Å². The van der Waals surface area contributed by atoms with E-state index < -0.39 is 0 Å². The van der Waals surface area contributed by atoms with E-state index in [1.165, 1.54) is 6.07 Å². The van der Waals surface area contributed by atoms with E-state index in [4.69, 9.17) is 0 Å². The lowest BCUT2D eigenvalue weighted by molar-refractivity contribution is 0.102. The molecular formula is C14H13BrFN3O. The molecule has 0 aliphatic carbocycles. The molecule has 1 amide bonds. The van der Waals surface area contributed by atoms with Gasteiger partial charge in [-0.25, -0.2) is 4.39 Å². The second kappa shape index (κ2) is 6.00. The lowest BCUT2D eigenvalue weighted by Crippen LogP contribution is -2.15. The lowest BCUT2D eigenvalue weighted by Gasteiger charge is -2.11. The Morgan fingerprint density at radius 1 is 1.35 bits per heavy atom. The number of anilines is 2. The zero-order valence-electron chi connectivity index (χ0n) is 11.0. The molecule has 1 heterocycles. The average Bonchev–Trinajstić information content (AvgIpc) is 2.44. The number of halogens is 2. The molecule has 0 fully saturated rings. The fraction of sp³-hybridized carbons (Fsp3) is 0.143. The molecule has 6 heteroatoms. The topological polar surface area (TPSA) is 54.0 Å². The first kappa shape index (κ1) is 14.5. The number of hydrogen-bond acceptors (Lipinski definition) is 3. The van der Waals surface area contributed by atoms with Crippen molar-refractivity contribution in [1.29, 1.82) is 0 Å². The second-order valence-corrected chi connectivity index (χ2v) is 5.06. The van der Waals surface area contributed by atoms with Crippen molar-refractivity contribution < 1.29 is 9.18 Å². The molecule has 0 aliphatic heterocycles. The first-order chi connectivity index (χ1) is 9.52. The number of amides is 1. The summed E-state index contributed by atoms with van der Waals surface area (Å²) in [6, 6.07) is 4.53. The fourth-order valence-corrected chi connectivity index (χ4v) is 2.11. The van der Waals surface area contributed by atoms with Crippen LogP contribution in [0.2, 0.25) is 0 Å². The largest absolute Gasteiger partial charge is 0.386 e. The van der Waals surface area contributed by atoms with Gasteiger partial charge in [-0.2, -0.15) is 0 Å². The molecule has 0 saturated heterocycles. The number of nitrogens with zero attached hydrogens (tertiary/aromatic N) is 1. The van der Waals surface area contributed by atoms with Gasteiger partial charge in [0.15, 0.2) is 0 Å². The number of pyridine rings is 1. The molecule has 0 bridgehead atoms. The van der Waals surface area contributed by atoms with E-state index in [0.717, 1.165) is 0 Å². The van der Waals surface area contributed by atoms with Crippen molar-refractivity contribution in [3.05, 3.63) is 52.0 Å². The Morgan fingerprint density at radius 2 is 2.10 bits per heavy atom. The van der Waals surface area contributed by atoms with Crippen LogP contribution in [0.1, 0.15) is 15.9 Å². The summed E-state index contributed by atoms with van der Waals surface area (Å²) in [5.74, 6) is -0.640. The molecule has 1 aromatic carbocycles. The minimum absolute atomic E-state index is 0.279. The molecule has 0 unspecified atom stereocenters. The van der Waals surface area contributed by atoms with Gasteiger partial charge < -0.3 is 10.6 Å². The highest BCUT2D eigenvalue weighted by Crippen LogP contribution is 2.25. The van der Waals surface area contributed by atoms with E-state index in [9.17, 15) is 9.18 Å². The van der Waals surface area contributed by atoms with Gasteiger partial charge in [-0.3, -0.25) is 9.78 Å². The third kappa shape index (κ3) is 2.96. The van der Waals surface area contributed by atoms with E-state index in [0.29, 0.717) is 27.0 Å². The monoisotopic (exact) mass is 337 g/mol. The lowest BCUT2D eigenvalue weighted by atomic mass is 10.1. The van der Waals surface area contributed by atoms with Gasteiger partial charge in [-0.05, 0) is 46.6 Å². The van der Waals surface area contributed by atoms with Crippen LogP contribution >= 0.6 is 15.9 Å². The summed E-state index contributed by atoms with van der Waals surface area (Å²) in [6.45, 7) is 1.73. The van der Waals surface area contributed by atoms with E-state index in [-0.39, 0.29) is 11.7 Å². The van der Waals surface area contributed by atoms with Crippen LogP contribution in [-0.4, -0.2) is 17.9 Å². The van der Waals surface area contributed by atoms with Gasteiger partial charge in [0.25, 0.3) is 5.91 Å². The Kier molecular flexibility index (Phi) is 4.34. The first-order valence-electron chi connectivity index (χ1n) is 5.91. The molecule has 2 N–H and O–H groups in total. The van der Waals surface area contributed by atoms with Crippen LogP contribution in [0.5, 0.6) is 0 Å². The van der Waals surface area contributed by atoms with Crippen LogP contribution in [0.15, 0.2) is 35.1 Å². The molecule has 0 radical (unpaired) electrons. The standard InChI is InChI=1S/C14H13BrFN3O/c1-8-5-11(16)10(15)6-12(8)19-14(20)9-3-4-18-7-13(9)17-2/h3-7,17H,1-2H3,(H,19,20). The number of nitrogens with one attached hydrogen (secondary N) is 2. The summed E-state index contributed by atoms with van der Waals surface area (Å²) in [4.78, 5) is 16.2. The molecule has 0 atom stereocenters. The summed E-state index contributed by atoms with van der Waals surface area (Å²) >= 11 is 3.11. The van der Waals surface area contributed by atoms with Gasteiger partial charge in [-0.15, -0.1) is 0 Å². The first-order valence-corrected chi connectivity index (χ1v) is 6.71. The smallest absolute Gasteiger partial charge is 0.257 e. The Balaban J connectivity index is 2.30. The van der Waals surface area contributed by atoms with Gasteiger partial charge in [0.2, 0.25) is 0 Å². The van der Waals surface area contributed by atoms with E-state index >= 15 is 0 Å². The average molecular weight is 338 g/mol. The maximum atomic E-state index is 13.4. The highest BCUT2D eigenvalue weighted by Gasteiger charge is 2.13. The number of carbonyl (C=O) groups excluding carboxylic acids is 1. The minimum Gasteiger partial charge on any atom is -0.386 e. The van der Waals surface area contributed by atoms with Crippen molar-refractivity contribution in [1.82, 2.24) is 4.98 Å². The summed E-state index contributed by atoms with van der Waals surface area (Å²) in [7, 11) is 1.72. The molecule has 104 valence electrons. The van der Waals surface area contributed by atoms with Crippen LogP contribution in [0, 0.1) is 12.7 Å². The fourth-order valence-electron chi connectivity index (χ4n) is 1.76. The molecule has 2 rings (SSSR count). The zero-order valence-corrected chi connectivity index (χ0v) is 12.6. The van der Waals surface area contributed by atoms with Crippen molar-refractivity contribution >= 4 is 33.2 Å². The third-order valence-corrected chi connectivity index (χ3v) is 3.46. The van der Waals surface area contributed by atoms with Crippen molar-refractivity contribution in [2.24, 2.45) is 0 Å². The third-order valence-electron chi connectivity index (χ3n) is 2.85. The van der Waals surface area contributed by atoms with Crippen LogP contribution in [0.4, 0.5) is 15.8 Å². The number of benzene rings is 1. The number of aromatic nitrogens is 1. The Bertz CT molecular complexity index is 661. The van der Waals surface area contributed by atoms with Crippen molar-refractivity contribution in [2.75, 3.05) is 17.7 Å². The Hall–Kier alpha value is -1.95. The highest BCUT2D eigenvalue weighted by molar-refractivity contribution is 9.10. The maximum Gasteiger partial charge on any atom is 0.257 e. The summed E-state index contributed by atoms with van der Waals surface area (Å²) < 4.78 is 13.7. The van der Waals surface area contributed by atoms with Gasteiger partial charge in [0.05, 0.1) is 21.9 Å². The maximum absolute atomic E-state index is 13.4. The molecule has 0 saturated carbocycles. The number of aryl methyl sites for hydroxylation is 1. The molecule has 4 nitrogen and oxygen atoms in total. The predicted octanol–water partition coefficient (Wildman–Crippen LogP) is 3.59. The molecule has 0 spiro atoms. The van der Waals surface area contributed by atoms with Crippen molar-refractivity contribution in [3.8, 4) is 0 Å². The van der Waals surface area contributed by atoms with Crippen LogP contribution in [0.3, 0.4) is 0 Å². The second-order valence-electron chi connectivity index (χ2n) is 4.21. The van der Waals surface area contributed by atoms with Gasteiger partial charge in [0, 0.05) is 18.9 Å². The van der Waals surface area contributed by atoms with E-state index in [1.807, 2.05) is 0 Å². The van der Waals surface area contributed by atoms with E-state index in [1.54, 1.807) is 38.5 Å². The summed E-state index contributed by atoms with van der Waals surface area (Å²) in [5.41, 5.74) is 2.31. The van der Waals surface area contributed by atoms with Gasteiger partial charge in [0.1, 0.15) is 5.82 Å². The quantitative estimate of drug-likeness (QED) is 0.899. The Morgan fingerprint density at radius 3 is 2.80 bits per heavy atom. The number of rotatable bonds is 3. The highest BCUT2D eigenvalue weighted by atomic mass is 79.9. The van der Waals surface area contributed by atoms with Crippen LogP contribution in [-0.2, 0) is 0 Å². The predicted molar refractivity (Wildman–Crippen MR) is 80.6 cm³/mol. The molecule has 1 aromatic heterocycles. The minimum atomic E-state index is -0.361. The molecular weight excluding hydrogens is 325 g/mol. The van der Waals surface area contributed by atoms with E-state index in [2.05, 4.69) is 31.5 Å². The molecule has 0 aliphatic rings. The SMILES string of the molecule is CNc1cnccc1C(=O)Nc1cc(Br)c(F)cc1C. The zero-order chi connectivity index (χ0) is 14.7. The summed E-state index contributed by atoms with van der Waals surface area (Å²) in [5, 5.41) is 5.67. The normalized spacial score (nSPS) is 10.2. The van der Waals surface area contributed by atoms with Gasteiger partial charge >= 0.3 is 0 Å². The molecule has 20 heavy (non-hydrogen) atoms. The Labute approximate surface area is 124 Å². The van der Waals surface area contributed by atoms with Crippen LogP contribution in [0.25, 0.3) is 0 Å². The summed E-state index contributed by atoms with van der Waals surface area (Å²) in [6.07, 6.45) is 3.12. The van der Waals surface area contributed by atoms with Crippen LogP contribution < -0.4 is 10.6 Å². The number of hydrogen-bond donors (Lipinski definition) is 2. The molecule has 2 aromatic rings. The van der Waals surface area contributed by atoms with Gasteiger partial charge in [-0.1, -0.05) is 0 Å². The number of carbonyl (C=O) groups is 1.